The van der Waals surface area contributed by atoms with Gasteiger partial charge < -0.3 is 16.2 Å². The smallest absolute Gasteiger partial charge is 0.253 e. The summed E-state index contributed by atoms with van der Waals surface area (Å²) < 4.78 is 0. The number of rotatable bonds is 3. The highest BCUT2D eigenvalue weighted by Gasteiger charge is 2.31. The number of aryl methyl sites for hydroxylation is 1. The second-order valence-corrected chi connectivity index (χ2v) is 5.15. The molecule has 1 fully saturated rings. The number of aliphatic hydroxyl groups is 1. The Balaban J connectivity index is 2.04. The molecule has 4 N–H and O–H groups in total. The molecule has 4 nitrogen and oxygen atoms in total. The van der Waals surface area contributed by atoms with Crippen LogP contribution in [-0.2, 0) is 0 Å². The maximum absolute atomic E-state index is 12.1. The van der Waals surface area contributed by atoms with Gasteiger partial charge in [-0.1, -0.05) is 25.0 Å². The van der Waals surface area contributed by atoms with Gasteiger partial charge in [-0.2, -0.15) is 0 Å². The average molecular weight is 248 g/mol. The Kier molecular flexibility index (Phi) is 3.57. The molecule has 1 aromatic rings. The molecule has 0 atom stereocenters. The van der Waals surface area contributed by atoms with E-state index in [1.165, 1.54) is 0 Å². The Morgan fingerprint density at radius 3 is 2.72 bits per heavy atom. The Labute approximate surface area is 107 Å². The average Bonchev–Trinajstić information content (AvgIpc) is 2.74. The fraction of sp³-hybridized carbons (Fsp3) is 0.500. The number of hydrogen-bond donors (Lipinski definition) is 3. The van der Waals surface area contributed by atoms with Gasteiger partial charge in [-0.15, -0.1) is 0 Å². The molecule has 1 aliphatic carbocycles. The molecule has 1 saturated carbocycles. The monoisotopic (exact) mass is 248 g/mol. The lowest BCUT2D eigenvalue weighted by atomic mass is 10.0. The van der Waals surface area contributed by atoms with Gasteiger partial charge in [-0.25, -0.2) is 0 Å². The molecule has 18 heavy (non-hydrogen) atoms. The summed E-state index contributed by atoms with van der Waals surface area (Å²) in [5, 5.41) is 13.0. The maximum Gasteiger partial charge on any atom is 0.253 e. The summed E-state index contributed by atoms with van der Waals surface area (Å²) >= 11 is 0. The summed E-state index contributed by atoms with van der Waals surface area (Å²) in [4.78, 5) is 12.1. The van der Waals surface area contributed by atoms with Gasteiger partial charge in [0.15, 0.2) is 0 Å². The number of anilines is 1. The number of nitrogens with two attached hydrogens (primary N) is 1. The van der Waals surface area contributed by atoms with Gasteiger partial charge in [0.25, 0.3) is 5.91 Å². The molecule has 0 spiro atoms. The molecule has 0 aliphatic heterocycles. The Morgan fingerprint density at radius 1 is 1.44 bits per heavy atom. The van der Waals surface area contributed by atoms with Crippen molar-refractivity contribution in [2.45, 2.75) is 38.2 Å². The van der Waals surface area contributed by atoms with Crippen molar-refractivity contribution in [3.63, 3.8) is 0 Å². The predicted molar refractivity (Wildman–Crippen MR) is 71.3 cm³/mol. The summed E-state index contributed by atoms with van der Waals surface area (Å²) in [5.74, 6) is -0.203. The van der Waals surface area contributed by atoms with E-state index in [-0.39, 0.29) is 5.91 Å². The number of benzene rings is 1. The molecule has 1 amide bonds. The lowest BCUT2D eigenvalue weighted by Gasteiger charge is -2.22. The first-order chi connectivity index (χ1) is 8.52. The predicted octanol–water partition coefficient (Wildman–Crippen LogP) is 1.61. The van der Waals surface area contributed by atoms with Crippen LogP contribution in [0, 0.1) is 6.92 Å². The summed E-state index contributed by atoms with van der Waals surface area (Å²) in [6.45, 7) is 2.16. The minimum Gasteiger partial charge on any atom is -0.398 e. The van der Waals surface area contributed by atoms with E-state index in [9.17, 15) is 9.90 Å². The number of carbonyl (C=O) groups is 1. The van der Waals surface area contributed by atoms with Crippen LogP contribution < -0.4 is 11.1 Å². The lowest BCUT2D eigenvalue weighted by Crippen LogP contribution is -2.41. The first kappa shape index (κ1) is 12.9. The van der Waals surface area contributed by atoms with Crippen molar-refractivity contribution in [2.24, 2.45) is 0 Å². The zero-order valence-corrected chi connectivity index (χ0v) is 10.7. The fourth-order valence-corrected chi connectivity index (χ4v) is 2.54. The zero-order valence-electron chi connectivity index (χ0n) is 10.7. The van der Waals surface area contributed by atoms with Crippen molar-refractivity contribution in [3.05, 3.63) is 29.3 Å². The van der Waals surface area contributed by atoms with Gasteiger partial charge in [-0.05, 0) is 31.4 Å². The molecule has 4 heteroatoms. The van der Waals surface area contributed by atoms with Gasteiger partial charge in [-0.3, -0.25) is 4.79 Å². The van der Waals surface area contributed by atoms with Crippen molar-refractivity contribution in [1.82, 2.24) is 5.32 Å². The number of amides is 1. The van der Waals surface area contributed by atoms with Crippen molar-refractivity contribution in [1.29, 1.82) is 0 Å². The van der Waals surface area contributed by atoms with Crippen molar-refractivity contribution in [2.75, 3.05) is 12.3 Å². The van der Waals surface area contributed by atoms with E-state index in [0.29, 0.717) is 17.8 Å². The van der Waals surface area contributed by atoms with Crippen LogP contribution >= 0.6 is 0 Å². The minimum absolute atomic E-state index is 0.203. The Hall–Kier alpha value is -1.55. The number of nitrogens with one attached hydrogen (secondary N) is 1. The van der Waals surface area contributed by atoms with Gasteiger partial charge in [0.1, 0.15) is 0 Å². The molecule has 0 saturated heterocycles. The highest BCUT2D eigenvalue weighted by molar-refractivity contribution is 6.00. The molecule has 0 heterocycles. The third-order valence-corrected chi connectivity index (χ3v) is 3.64. The molecule has 0 aromatic heterocycles. The van der Waals surface area contributed by atoms with Gasteiger partial charge >= 0.3 is 0 Å². The van der Waals surface area contributed by atoms with Crippen LogP contribution in [0.25, 0.3) is 0 Å². The molecular formula is C14H20N2O2. The van der Waals surface area contributed by atoms with E-state index < -0.39 is 5.60 Å². The van der Waals surface area contributed by atoms with Crippen molar-refractivity contribution in [3.8, 4) is 0 Å². The highest BCUT2D eigenvalue weighted by Crippen LogP contribution is 2.28. The van der Waals surface area contributed by atoms with Crippen LogP contribution in [0.15, 0.2) is 18.2 Å². The molecule has 0 unspecified atom stereocenters. The van der Waals surface area contributed by atoms with Crippen molar-refractivity contribution < 1.29 is 9.90 Å². The maximum atomic E-state index is 12.1. The van der Waals surface area contributed by atoms with E-state index >= 15 is 0 Å². The standard InChI is InChI=1S/C14H20N2O2/c1-10-5-4-6-11(15)12(10)13(17)16-9-14(18)7-2-3-8-14/h4-6,18H,2-3,7-9,15H2,1H3,(H,16,17). The van der Waals surface area contributed by atoms with Crippen LogP contribution in [0.1, 0.15) is 41.6 Å². The molecule has 2 rings (SSSR count). The summed E-state index contributed by atoms with van der Waals surface area (Å²) in [6, 6.07) is 5.40. The fourth-order valence-electron chi connectivity index (χ4n) is 2.54. The molecule has 1 aliphatic rings. The van der Waals surface area contributed by atoms with E-state index in [2.05, 4.69) is 5.32 Å². The number of carbonyl (C=O) groups excluding carboxylic acids is 1. The van der Waals surface area contributed by atoms with E-state index in [0.717, 1.165) is 31.2 Å². The Morgan fingerprint density at radius 2 is 2.11 bits per heavy atom. The first-order valence-corrected chi connectivity index (χ1v) is 6.37. The summed E-state index contributed by atoms with van der Waals surface area (Å²) in [6.07, 6.45) is 3.57. The SMILES string of the molecule is Cc1cccc(N)c1C(=O)NCC1(O)CCCC1. The largest absolute Gasteiger partial charge is 0.398 e. The van der Waals surface area contributed by atoms with Crippen molar-refractivity contribution >= 4 is 11.6 Å². The second-order valence-electron chi connectivity index (χ2n) is 5.15. The van der Waals surface area contributed by atoms with Gasteiger partial charge in [0.2, 0.25) is 0 Å². The third-order valence-electron chi connectivity index (χ3n) is 3.64. The molecule has 0 bridgehead atoms. The topological polar surface area (TPSA) is 75.4 Å². The van der Waals surface area contributed by atoms with Crippen LogP contribution in [0.3, 0.4) is 0 Å². The zero-order chi connectivity index (χ0) is 13.2. The number of nitrogen functional groups attached to an aromatic ring is 1. The normalized spacial score (nSPS) is 17.7. The van der Waals surface area contributed by atoms with Crippen LogP contribution in [0.5, 0.6) is 0 Å². The molecule has 1 aromatic carbocycles. The highest BCUT2D eigenvalue weighted by atomic mass is 16.3. The lowest BCUT2D eigenvalue weighted by molar-refractivity contribution is 0.0449. The molecule has 0 radical (unpaired) electrons. The molecular weight excluding hydrogens is 228 g/mol. The van der Waals surface area contributed by atoms with Gasteiger partial charge in [0, 0.05) is 12.2 Å². The van der Waals surface area contributed by atoms with E-state index in [4.69, 9.17) is 5.73 Å². The minimum atomic E-state index is -0.729. The first-order valence-electron chi connectivity index (χ1n) is 6.37. The van der Waals surface area contributed by atoms with Crippen LogP contribution in [0.2, 0.25) is 0 Å². The van der Waals surface area contributed by atoms with E-state index in [1.807, 2.05) is 19.1 Å². The second kappa shape index (κ2) is 4.98. The number of hydrogen-bond acceptors (Lipinski definition) is 3. The Bertz CT molecular complexity index is 431. The van der Waals surface area contributed by atoms with Gasteiger partial charge in [0.05, 0.1) is 11.2 Å². The van der Waals surface area contributed by atoms with E-state index in [1.54, 1.807) is 6.07 Å². The van der Waals surface area contributed by atoms with Crippen LogP contribution in [0.4, 0.5) is 5.69 Å². The summed E-state index contributed by atoms with van der Waals surface area (Å²) in [7, 11) is 0. The quantitative estimate of drug-likeness (QED) is 0.711. The summed E-state index contributed by atoms with van der Waals surface area (Å²) in [5.41, 5.74) is 6.93. The third kappa shape index (κ3) is 2.64. The van der Waals surface area contributed by atoms with Crippen LogP contribution in [-0.4, -0.2) is 23.2 Å². The molecule has 98 valence electrons.